The Morgan fingerprint density at radius 2 is 0.550 bits per heavy atom. The average Bonchev–Trinajstić information content (AvgIpc) is 2.81. The normalized spacial score (nSPS) is 11.0. The maximum atomic E-state index is 8.74. The van der Waals surface area contributed by atoms with Crippen LogP contribution in [0.1, 0.15) is 119 Å². The lowest BCUT2D eigenvalue weighted by atomic mass is 10.4. The van der Waals surface area contributed by atoms with Crippen molar-refractivity contribution in [3.63, 3.8) is 0 Å². The van der Waals surface area contributed by atoms with E-state index in [-0.39, 0.29) is 0 Å². The molecule has 40 heavy (non-hydrogen) atoms. The van der Waals surface area contributed by atoms with Crippen LogP contribution >= 0.6 is 24.1 Å². The molecule has 0 bridgehead atoms. The molecule has 0 aliphatic rings. The van der Waals surface area contributed by atoms with Crippen LogP contribution in [0, 0.1) is 0 Å². The highest BCUT2D eigenvalue weighted by atomic mass is 32.3. The molecule has 0 saturated carbocycles. The van der Waals surface area contributed by atoms with Gasteiger partial charge < -0.3 is 9.79 Å². The van der Waals surface area contributed by atoms with E-state index in [0.29, 0.717) is 15.8 Å². The van der Waals surface area contributed by atoms with Crippen LogP contribution in [0.5, 0.6) is 0 Å². The molecule has 0 aromatic rings. The van der Waals surface area contributed by atoms with Crippen LogP contribution in [0.25, 0.3) is 0 Å². The fourth-order valence-corrected chi connectivity index (χ4v) is 8.88. The standard InChI is InChI=1S/2C12H27P.2H2O4S.H3O3P/c2*1-4-7-10-13(11-8-5-2)12-9-6-3;2*1-5(2,3)4;1-4(2)3/h2*4-12H2,1-3H3;2*(H2,1,2,3,4);4H,(H2,1,2,3). The van der Waals surface area contributed by atoms with Crippen molar-refractivity contribution in [1.29, 1.82) is 0 Å². The third-order valence-electron chi connectivity index (χ3n) is 4.97. The summed E-state index contributed by atoms with van der Waals surface area (Å²) in [4.78, 5) is 14.3. The van der Waals surface area contributed by atoms with Gasteiger partial charge in [0.05, 0.1) is 0 Å². The van der Waals surface area contributed by atoms with Crippen LogP contribution in [0.4, 0.5) is 0 Å². The van der Waals surface area contributed by atoms with E-state index in [9.17, 15) is 0 Å². The third kappa shape index (κ3) is 90.1. The van der Waals surface area contributed by atoms with E-state index in [1.807, 2.05) is 0 Å². The SMILES string of the molecule is CCCCP(CCCC)CCCC.CCCCP(CCCC)CCCC.O=S(=O)(O)O.O=S(=O)(O)O.O=[PH](O)O. The van der Waals surface area contributed by atoms with Crippen molar-refractivity contribution in [3.8, 4) is 0 Å². The topological polar surface area (TPSA) is 207 Å². The van der Waals surface area contributed by atoms with E-state index in [4.69, 9.17) is 49.4 Å². The largest absolute Gasteiger partial charge is 0.394 e. The van der Waals surface area contributed by atoms with Gasteiger partial charge in [0.15, 0.2) is 0 Å². The maximum absolute atomic E-state index is 8.74. The minimum atomic E-state index is -4.67. The van der Waals surface area contributed by atoms with Crippen molar-refractivity contribution in [3.05, 3.63) is 0 Å². The lowest BCUT2D eigenvalue weighted by molar-refractivity contribution is 0.378. The number of rotatable bonds is 18. The van der Waals surface area contributed by atoms with Crippen LogP contribution in [0.2, 0.25) is 0 Å². The van der Waals surface area contributed by atoms with E-state index in [1.165, 1.54) is 77.0 Å². The Balaban J connectivity index is -0.000000140. The maximum Gasteiger partial charge on any atom is 0.394 e. The molecule has 0 amide bonds. The van der Waals surface area contributed by atoms with Gasteiger partial charge in [-0.05, 0) is 75.5 Å². The van der Waals surface area contributed by atoms with Crippen molar-refractivity contribution >= 4 is 44.9 Å². The predicted molar refractivity (Wildman–Crippen MR) is 174 cm³/mol. The Hall–Kier alpha value is 0.750. The first kappa shape index (κ1) is 50.4. The molecule has 0 aromatic heterocycles. The summed E-state index contributed by atoms with van der Waals surface area (Å²) in [6.07, 6.45) is 26.4. The van der Waals surface area contributed by atoms with Gasteiger partial charge in [-0.3, -0.25) is 22.8 Å². The molecule has 16 heteroatoms. The molecule has 0 unspecified atom stereocenters. The molecule has 6 N–H and O–H groups in total. The minimum absolute atomic E-state index is 0.422. The zero-order valence-electron chi connectivity index (χ0n) is 25.7. The summed E-state index contributed by atoms with van der Waals surface area (Å²) >= 11 is 0. The van der Waals surface area contributed by atoms with E-state index in [0.717, 1.165) is 0 Å². The summed E-state index contributed by atoms with van der Waals surface area (Å²) in [5.74, 6) is 0. The van der Waals surface area contributed by atoms with Crippen molar-refractivity contribution in [1.82, 2.24) is 0 Å². The monoisotopic (exact) mass is 682 g/mol. The molecule has 0 aromatic carbocycles. The molecular weight excluding hydrogens is 621 g/mol. The van der Waals surface area contributed by atoms with Crippen molar-refractivity contribution in [2.45, 2.75) is 119 Å². The van der Waals surface area contributed by atoms with Gasteiger partial charge in [0, 0.05) is 0 Å². The average molecular weight is 683 g/mol. The smallest absolute Gasteiger partial charge is 0.326 e. The molecule has 0 aliphatic heterocycles. The van der Waals surface area contributed by atoms with Crippen LogP contribution in [-0.4, -0.2) is 81.8 Å². The fourth-order valence-electron chi connectivity index (χ4n) is 2.96. The van der Waals surface area contributed by atoms with Gasteiger partial charge in [-0.15, -0.1) is 15.8 Å². The van der Waals surface area contributed by atoms with Gasteiger partial charge >= 0.3 is 29.1 Å². The first-order chi connectivity index (χ1) is 18.4. The molecule has 0 heterocycles. The summed E-state index contributed by atoms with van der Waals surface area (Å²) in [5.41, 5.74) is 0. The zero-order chi connectivity index (χ0) is 32.5. The molecule has 0 saturated heterocycles. The van der Waals surface area contributed by atoms with Gasteiger partial charge in [0.1, 0.15) is 0 Å². The van der Waals surface area contributed by atoms with Crippen molar-refractivity contribution in [2.75, 3.05) is 37.0 Å². The van der Waals surface area contributed by atoms with Crippen LogP contribution in [-0.2, 0) is 25.4 Å². The molecule has 0 aliphatic carbocycles. The Morgan fingerprint density at radius 3 is 0.625 bits per heavy atom. The van der Waals surface area contributed by atoms with Crippen LogP contribution in [0.3, 0.4) is 0 Å². The summed E-state index contributed by atoms with van der Waals surface area (Å²) in [5, 5.41) is 0. The van der Waals surface area contributed by atoms with Crippen LogP contribution < -0.4 is 0 Å². The first-order valence-electron chi connectivity index (χ1n) is 14.2. The Labute approximate surface area is 249 Å². The summed E-state index contributed by atoms with van der Waals surface area (Å²) in [7, 11) is -11.6. The first-order valence-corrected chi connectivity index (χ1v) is 22.1. The summed E-state index contributed by atoms with van der Waals surface area (Å²) in [6, 6.07) is 0. The molecule has 0 rings (SSSR count). The zero-order valence-corrected chi connectivity index (χ0v) is 30.1. The highest BCUT2D eigenvalue weighted by Gasteiger charge is 2.06. The van der Waals surface area contributed by atoms with E-state index < -0.39 is 29.1 Å². The molecule has 0 fully saturated rings. The molecular formula is C24H61O11P3S2. The summed E-state index contributed by atoms with van der Waals surface area (Å²) < 4.78 is 71.9. The van der Waals surface area contributed by atoms with Crippen molar-refractivity contribution < 1.29 is 49.4 Å². The van der Waals surface area contributed by atoms with Gasteiger partial charge in [-0.1, -0.05) is 80.1 Å². The molecule has 250 valence electrons. The Kier molecular flexibility index (Phi) is 47.6. The highest BCUT2D eigenvalue weighted by molar-refractivity contribution is 7.80. The van der Waals surface area contributed by atoms with Gasteiger partial charge in [0.25, 0.3) is 0 Å². The second-order valence-corrected chi connectivity index (χ2v) is 16.7. The van der Waals surface area contributed by atoms with Gasteiger partial charge in [-0.2, -0.15) is 16.8 Å². The lowest BCUT2D eigenvalue weighted by Crippen LogP contribution is -1.95. The van der Waals surface area contributed by atoms with Crippen LogP contribution in [0.15, 0.2) is 0 Å². The molecule has 0 atom stereocenters. The number of hydrogen-bond acceptors (Lipinski definition) is 5. The highest BCUT2D eigenvalue weighted by Crippen LogP contribution is 2.39. The lowest BCUT2D eigenvalue weighted by Gasteiger charge is -2.16. The van der Waals surface area contributed by atoms with E-state index >= 15 is 0 Å². The molecule has 0 spiro atoms. The van der Waals surface area contributed by atoms with E-state index in [1.54, 1.807) is 37.0 Å². The Bertz CT molecular complexity index is 599. The minimum Gasteiger partial charge on any atom is -0.326 e. The van der Waals surface area contributed by atoms with Crippen molar-refractivity contribution in [2.24, 2.45) is 0 Å². The van der Waals surface area contributed by atoms with Gasteiger partial charge in [-0.25, -0.2) is 0 Å². The second kappa shape index (κ2) is 37.8. The number of hydrogen-bond donors (Lipinski definition) is 6. The second-order valence-electron chi connectivity index (χ2n) is 8.98. The predicted octanol–water partition coefficient (Wildman–Crippen LogP) is 7.79. The molecule has 0 radical (unpaired) electrons. The van der Waals surface area contributed by atoms with Gasteiger partial charge in [0.2, 0.25) is 0 Å². The quantitative estimate of drug-likeness (QED) is 0.0607. The Morgan fingerprint density at radius 1 is 0.450 bits per heavy atom. The van der Waals surface area contributed by atoms with E-state index in [2.05, 4.69) is 41.5 Å². The third-order valence-corrected chi connectivity index (χ3v) is 10.7. The summed E-state index contributed by atoms with van der Waals surface area (Å²) in [6.45, 7) is 13.9. The number of unbranched alkanes of at least 4 members (excludes halogenated alkanes) is 6. The molecule has 11 nitrogen and oxygen atoms in total. The fraction of sp³-hybridized carbons (Fsp3) is 1.00.